The number of rotatable bonds is 5. The first-order valence-electron chi connectivity index (χ1n) is 6.25. The van der Waals surface area contributed by atoms with E-state index in [1.54, 1.807) is 0 Å². The second-order valence-corrected chi connectivity index (χ2v) is 6.65. The number of aliphatic carboxylic acids is 1. The number of carbonyl (C=O) groups is 1. The molecule has 0 saturated carbocycles. The molecule has 2 nitrogen and oxygen atoms in total. The summed E-state index contributed by atoms with van der Waals surface area (Å²) in [4.78, 5) is 11.5. The van der Waals surface area contributed by atoms with Crippen LogP contribution in [-0.4, -0.2) is 11.1 Å². The van der Waals surface area contributed by atoms with Crippen LogP contribution in [0.15, 0.2) is 0 Å². The van der Waals surface area contributed by atoms with E-state index in [1.807, 2.05) is 27.7 Å². The van der Waals surface area contributed by atoms with Gasteiger partial charge in [0.15, 0.2) is 0 Å². The minimum Gasteiger partial charge on any atom is -0.481 e. The molecule has 0 spiro atoms. The van der Waals surface area contributed by atoms with Gasteiger partial charge in [0.2, 0.25) is 0 Å². The molecule has 0 radical (unpaired) electrons. The van der Waals surface area contributed by atoms with Gasteiger partial charge in [-0.2, -0.15) is 0 Å². The van der Waals surface area contributed by atoms with Gasteiger partial charge in [0.1, 0.15) is 0 Å². The monoisotopic (exact) mass is 228 g/mol. The van der Waals surface area contributed by atoms with Crippen molar-refractivity contribution < 1.29 is 9.90 Å². The molecule has 0 aliphatic heterocycles. The fourth-order valence-corrected chi connectivity index (χ4v) is 1.65. The summed E-state index contributed by atoms with van der Waals surface area (Å²) in [5, 5.41) is 9.42. The first-order valence-corrected chi connectivity index (χ1v) is 6.25. The van der Waals surface area contributed by atoms with Crippen LogP contribution in [0, 0.1) is 22.7 Å². The van der Waals surface area contributed by atoms with Gasteiger partial charge >= 0.3 is 5.97 Å². The minimum absolute atomic E-state index is 0.199. The third-order valence-corrected chi connectivity index (χ3v) is 4.37. The maximum Gasteiger partial charge on any atom is 0.309 e. The summed E-state index contributed by atoms with van der Waals surface area (Å²) >= 11 is 0. The third kappa shape index (κ3) is 3.50. The van der Waals surface area contributed by atoms with Crippen molar-refractivity contribution in [2.75, 3.05) is 0 Å². The van der Waals surface area contributed by atoms with Gasteiger partial charge in [-0.25, -0.2) is 0 Å². The van der Waals surface area contributed by atoms with Gasteiger partial charge in [-0.15, -0.1) is 0 Å². The molecular formula is C14H28O2. The van der Waals surface area contributed by atoms with E-state index in [9.17, 15) is 9.90 Å². The molecule has 0 rings (SSSR count). The largest absolute Gasteiger partial charge is 0.481 e. The van der Waals surface area contributed by atoms with E-state index in [0.29, 0.717) is 11.8 Å². The predicted octanol–water partition coefficient (Wildman–Crippen LogP) is 4.20. The van der Waals surface area contributed by atoms with Crippen molar-refractivity contribution in [3.63, 3.8) is 0 Å². The molecule has 1 N–H and O–H groups in total. The van der Waals surface area contributed by atoms with Crippen molar-refractivity contribution in [2.24, 2.45) is 22.7 Å². The average Bonchev–Trinajstić information content (AvgIpc) is 2.10. The van der Waals surface area contributed by atoms with E-state index in [-0.39, 0.29) is 5.41 Å². The van der Waals surface area contributed by atoms with Gasteiger partial charge in [0, 0.05) is 0 Å². The summed E-state index contributed by atoms with van der Waals surface area (Å²) in [6.45, 7) is 14.5. The zero-order valence-corrected chi connectivity index (χ0v) is 11.9. The molecule has 0 saturated heterocycles. The van der Waals surface area contributed by atoms with Gasteiger partial charge in [-0.1, -0.05) is 41.5 Å². The highest BCUT2D eigenvalue weighted by Gasteiger charge is 2.44. The summed E-state index contributed by atoms with van der Waals surface area (Å²) in [6.07, 6.45) is 1.74. The van der Waals surface area contributed by atoms with E-state index in [1.165, 1.54) is 0 Å². The maximum absolute atomic E-state index is 11.5. The number of hydrogen-bond donors (Lipinski definition) is 1. The van der Waals surface area contributed by atoms with Crippen molar-refractivity contribution in [3.05, 3.63) is 0 Å². The van der Waals surface area contributed by atoms with Crippen LogP contribution in [0.25, 0.3) is 0 Å². The van der Waals surface area contributed by atoms with Gasteiger partial charge < -0.3 is 5.11 Å². The highest BCUT2D eigenvalue weighted by atomic mass is 16.4. The third-order valence-electron chi connectivity index (χ3n) is 4.37. The Balaban J connectivity index is 4.67. The zero-order valence-electron chi connectivity index (χ0n) is 11.9. The highest BCUT2D eigenvalue weighted by Crippen LogP contribution is 2.43. The smallest absolute Gasteiger partial charge is 0.309 e. The lowest BCUT2D eigenvalue weighted by Crippen LogP contribution is -2.40. The topological polar surface area (TPSA) is 37.3 Å². The van der Waals surface area contributed by atoms with Gasteiger partial charge in [-0.05, 0) is 37.0 Å². The van der Waals surface area contributed by atoms with Crippen molar-refractivity contribution >= 4 is 5.97 Å². The Hall–Kier alpha value is -0.530. The Labute approximate surface area is 100 Å². The quantitative estimate of drug-likeness (QED) is 0.766. The molecule has 2 heteroatoms. The van der Waals surface area contributed by atoms with Crippen LogP contribution in [0.2, 0.25) is 0 Å². The van der Waals surface area contributed by atoms with Crippen molar-refractivity contribution in [1.29, 1.82) is 0 Å². The molecular weight excluding hydrogens is 200 g/mol. The summed E-state index contributed by atoms with van der Waals surface area (Å²) in [5.41, 5.74) is -0.828. The molecule has 0 heterocycles. The first kappa shape index (κ1) is 15.5. The van der Waals surface area contributed by atoms with Crippen LogP contribution in [0.3, 0.4) is 0 Å². The summed E-state index contributed by atoms with van der Waals surface area (Å²) in [7, 11) is 0. The average molecular weight is 228 g/mol. The van der Waals surface area contributed by atoms with Crippen LogP contribution in [0.4, 0.5) is 0 Å². The minimum atomic E-state index is -0.670. The molecule has 0 aromatic carbocycles. The SMILES string of the molecule is CC(C)C(C)CCC(C)(C(=O)O)C(C)(C)C. The first-order chi connectivity index (χ1) is 7.02. The number of hydrogen-bond acceptors (Lipinski definition) is 1. The van der Waals surface area contributed by atoms with Crippen molar-refractivity contribution in [2.45, 2.75) is 61.3 Å². The Morgan fingerprint density at radius 1 is 1.12 bits per heavy atom. The molecule has 0 aromatic heterocycles. The van der Waals surface area contributed by atoms with Crippen molar-refractivity contribution in [1.82, 2.24) is 0 Å². The van der Waals surface area contributed by atoms with E-state index < -0.39 is 11.4 Å². The predicted molar refractivity (Wildman–Crippen MR) is 68.4 cm³/mol. The van der Waals surface area contributed by atoms with E-state index in [2.05, 4.69) is 20.8 Å². The van der Waals surface area contributed by atoms with E-state index >= 15 is 0 Å². The number of carboxylic acids is 1. The molecule has 2 atom stereocenters. The lowest BCUT2D eigenvalue weighted by molar-refractivity contribution is -0.155. The molecule has 0 aliphatic rings. The lowest BCUT2D eigenvalue weighted by Gasteiger charge is -2.39. The lowest BCUT2D eigenvalue weighted by atomic mass is 9.64. The zero-order chi connectivity index (χ0) is 13.1. The Morgan fingerprint density at radius 2 is 1.56 bits per heavy atom. The summed E-state index contributed by atoms with van der Waals surface area (Å²) in [5.74, 6) is 0.537. The molecule has 2 unspecified atom stereocenters. The molecule has 0 amide bonds. The van der Waals surface area contributed by atoms with Crippen LogP contribution in [0.1, 0.15) is 61.3 Å². The van der Waals surface area contributed by atoms with Gasteiger partial charge in [0.05, 0.1) is 5.41 Å². The second kappa shape index (κ2) is 5.20. The second-order valence-electron chi connectivity index (χ2n) is 6.65. The molecule has 0 fully saturated rings. The van der Waals surface area contributed by atoms with Crippen molar-refractivity contribution in [3.8, 4) is 0 Å². The normalized spacial score (nSPS) is 18.2. The molecule has 16 heavy (non-hydrogen) atoms. The Bertz CT molecular complexity index is 238. The molecule has 0 aliphatic carbocycles. The Kier molecular flexibility index (Phi) is 5.03. The van der Waals surface area contributed by atoms with E-state index in [0.717, 1.165) is 12.8 Å². The Morgan fingerprint density at radius 3 is 1.81 bits per heavy atom. The van der Waals surface area contributed by atoms with Crippen LogP contribution >= 0.6 is 0 Å². The summed E-state index contributed by atoms with van der Waals surface area (Å²) < 4.78 is 0. The van der Waals surface area contributed by atoms with Gasteiger partial charge in [0.25, 0.3) is 0 Å². The van der Waals surface area contributed by atoms with Crippen LogP contribution in [0.5, 0.6) is 0 Å². The fraction of sp³-hybridized carbons (Fsp3) is 0.929. The number of carboxylic acid groups (broad SMARTS) is 1. The standard InChI is InChI=1S/C14H28O2/c1-10(2)11(3)8-9-14(7,12(15)16)13(4,5)6/h10-11H,8-9H2,1-7H3,(H,15,16). The summed E-state index contributed by atoms with van der Waals surface area (Å²) in [6, 6.07) is 0. The van der Waals surface area contributed by atoms with Crippen LogP contribution in [-0.2, 0) is 4.79 Å². The van der Waals surface area contributed by atoms with Crippen LogP contribution < -0.4 is 0 Å². The highest BCUT2D eigenvalue weighted by molar-refractivity contribution is 5.75. The molecule has 96 valence electrons. The maximum atomic E-state index is 11.5. The van der Waals surface area contributed by atoms with Gasteiger partial charge in [-0.3, -0.25) is 4.79 Å². The van der Waals surface area contributed by atoms with E-state index in [4.69, 9.17) is 0 Å². The molecule has 0 aromatic rings. The fourth-order valence-electron chi connectivity index (χ4n) is 1.65. The molecule has 0 bridgehead atoms.